The van der Waals surface area contributed by atoms with Crippen molar-refractivity contribution < 1.29 is 22.4 Å². The summed E-state index contributed by atoms with van der Waals surface area (Å²) in [5.41, 5.74) is 0.657. The molecule has 0 bridgehead atoms. The molecule has 43 heavy (non-hydrogen) atoms. The molecule has 0 heterocycles. The molecule has 4 rings (SSSR count). The first-order chi connectivity index (χ1) is 20.5. The predicted octanol–water partition coefficient (Wildman–Crippen LogP) is 5.58. The number of halogens is 1. The third-order valence-electron chi connectivity index (χ3n) is 6.72. The summed E-state index contributed by atoms with van der Waals surface area (Å²) in [6, 6.07) is 30.3. The zero-order valence-electron chi connectivity index (χ0n) is 24.5. The Hall–Kier alpha value is -4.50. The van der Waals surface area contributed by atoms with E-state index in [1.807, 2.05) is 51.1 Å². The van der Waals surface area contributed by atoms with Crippen molar-refractivity contribution in [3.63, 3.8) is 0 Å². The second-order valence-corrected chi connectivity index (χ2v) is 13.1. The van der Waals surface area contributed by atoms with Gasteiger partial charge in [0.25, 0.3) is 10.0 Å². The van der Waals surface area contributed by atoms with E-state index >= 15 is 0 Å². The van der Waals surface area contributed by atoms with Gasteiger partial charge in [-0.05, 0) is 56.7 Å². The van der Waals surface area contributed by atoms with Crippen LogP contribution in [-0.4, -0.2) is 43.3 Å². The van der Waals surface area contributed by atoms with Gasteiger partial charge in [-0.15, -0.1) is 0 Å². The first-order valence-electron chi connectivity index (χ1n) is 14.0. The summed E-state index contributed by atoms with van der Waals surface area (Å²) >= 11 is 0. The van der Waals surface area contributed by atoms with Crippen LogP contribution in [0.5, 0.6) is 0 Å². The number of hydrogen-bond acceptors (Lipinski definition) is 4. The molecule has 1 N–H and O–H groups in total. The van der Waals surface area contributed by atoms with Gasteiger partial charge in [-0.25, -0.2) is 12.8 Å². The number of rotatable bonds is 11. The zero-order chi connectivity index (χ0) is 31.0. The van der Waals surface area contributed by atoms with Gasteiger partial charge >= 0.3 is 0 Å². The fraction of sp³-hybridized carbons (Fsp3) is 0.235. The number of anilines is 1. The standard InChI is InChI=1S/C34H36FN3O4S/c1-34(2,3)36-33(40)31(23-26-15-7-4-8-16-26)37(24-27-17-13-14-22-30(27)35)32(39)25-38(28-18-9-5-10-19-28)43(41,42)29-20-11-6-12-21-29/h4-22,31H,23-25H2,1-3H3,(H,36,40)/t31-/m0/s1. The average Bonchev–Trinajstić information content (AvgIpc) is 2.99. The molecule has 0 saturated heterocycles. The van der Waals surface area contributed by atoms with E-state index in [0.29, 0.717) is 0 Å². The summed E-state index contributed by atoms with van der Waals surface area (Å²) in [6.07, 6.45) is 0.139. The highest BCUT2D eigenvalue weighted by Gasteiger charge is 2.35. The van der Waals surface area contributed by atoms with Crippen LogP contribution in [0.4, 0.5) is 10.1 Å². The van der Waals surface area contributed by atoms with Gasteiger partial charge in [-0.3, -0.25) is 13.9 Å². The van der Waals surface area contributed by atoms with Crippen LogP contribution >= 0.6 is 0 Å². The number of nitrogens with one attached hydrogen (secondary N) is 1. The van der Waals surface area contributed by atoms with Crippen LogP contribution < -0.4 is 9.62 Å². The number of nitrogens with zero attached hydrogens (tertiary/aromatic N) is 2. The van der Waals surface area contributed by atoms with Crippen LogP contribution in [0.25, 0.3) is 0 Å². The van der Waals surface area contributed by atoms with Crippen molar-refractivity contribution in [1.82, 2.24) is 10.2 Å². The Morgan fingerprint density at radius 1 is 0.791 bits per heavy atom. The SMILES string of the molecule is CC(C)(C)NC(=O)[C@H](Cc1ccccc1)N(Cc1ccccc1F)C(=O)CN(c1ccccc1)S(=O)(=O)c1ccccc1. The largest absolute Gasteiger partial charge is 0.350 e. The smallest absolute Gasteiger partial charge is 0.264 e. The van der Waals surface area contributed by atoms with Crippen molar-refractivity contribution in [3.05, 3.63) is 132 Å². The Balaban J connectivity index is 1.80. The minimum absolute atomic E-state index is 0.0126. The fourth-order valence-electron chi connectivity index (χ4n) is 4.66. The lowest BCUT2D eigenvalue weighted by Crippen LogP contribution is -2.56. The maximum Gasteiger partial charge on any atom is 0.264 e. The van der Waals surface area contributed by atoms with E-state index in [4.69, 9.17) is 0 Å². The normalized spacial score (nSPS) is 12.3. The molecule has 2 amide bonds. The number of benzene rings is 4. The Morgan fingerprint density at radius 3 is 1.91 bits per heavy atom. The lowest BCUT2D eigenvalue weighted by Gasteiger charge is -2.35. The van der Waals surface area contributed by atoms with E-state index in [1.54, 1.807) is 66.7 Å². The molecule has 0 aliphatic rings. The maximum absolute atomic E-state index is 15.0. The maximum atomic E-state index is 15.0. The highest BCUT2D eigenvalue weighted by molar-refractivity contribution is 7.92. The monoisotopic (exact) mass is 601 g/mol. The van der Waals surface area contributed by atoms with Gasteiger partial charge in [-0.2, -0.15) is 0 Å². The molecule has 1 atom stereocenters. The molecule has 0 aromatic heterocycles. The third kappa shape index (κ3) is 8.29. The number of amides is 2. The summed E-state index contributed by atoms with van der Waals surface area (Å²) in [5, 5.41) is 2.96. The molecule has 4 aromatic carbocycles. The molecule has 0 fully saturated rings. The molecule has 7 nitrogen and oxygen atoms in total. The minimum Gasteiger partial charge on any atom is -0.350 e. The highest BCUT2D eigenvalue weighted by Crippen LogP contribution is 2.25. The van der Waals surface area contributed by atoms with Crippen molar-refractivity contribution >= 4 is 27.5 Å². The van der Waals surface area contributed by atoms with Gasteiger partial charge in [0.15, 0.2) is 0 Å². The molecule has 0 radical (unpaired) electrons. The second-order valence-electron chi connectivity index (χ2n) is 11.2. The summed E-state index contributed by atoms with van der Waals surface area (Å²) in [4.78, 5) is 29.5. The van der Waals surface area contributed by atoms with Crippen molar-refractivity contribution in [2.45, 2.75) is 50.2 Å². The van der Waals surface area contributed by atoms with Crippen LogP contribution in [0.2, 0.25) is 0 Å². The van der Waals surface area contributed by atoms with Crippen molar-refractivity contribution in [1.29, 1.82) is 0 Å². The molecular formula is C34H36FN3O4S. The van der Waals surface area contributed by atoms with E-state index in [-0.39, 0.29) is 29.1 Å². The van der Waals surface area contributed by atoms with E-state index < -0.39 is 45.8 Å². The molecular weight excluding hydrogens is 565 g/mol. The van der Waals surface area contributed by atoms with E-state index in [1.165, 1.54) is 23.1 Å². The van der Waals surface area contributed by atoms with Gasteiger partial charge in [0, 0.05) is 24.1 Å². The van der Waals surface area contributed by atoms with Crippen molar-refractivity contribution in [2.24, 2.45) is 0 Å². The lowest BCUT2D eigenvalue weighted by molar-refractivity contribution is -0.140. The summed E-state index contributed by atoms with van der Waals surface area (Å²) in [7, 11) is -4.19. The van der Waals surface area contributed by atoms with Gasteiger partial charge in [0.2, 0.25) is 11.8 Å². The summed E-state index contributed by atoms with van der Waals surface area (Å²) < 4.78 is 43.8. The second kappa shape index (κ2) is 13.6. The Bertz CT molecular complexity index is 1630. The molecule has 224 valence electrons. The van der Waals surface area contributed by atoms with E-state index in [2.05, 4.69) is 5.32 Å². The molecule has 9 heteroatoms. The predicted molar refractivity (Wildman–Crippen MR) is 166 cm³/mol. The van der Waals surface area contributed by atoms with E-state index in [9.17, 15) is 22.4 Å². The third-order valence-corrected chi connectivity index (χ3v) is 8.51. The molecule has 0 unspecified atom stereocenters. The van der Waals surface area contributed by atoms with Crippen LogP contribution in [0, 0.1) is 5.82 Å². The van der Waals surface area contributed by atoms with Crippen LogP contribution in [-0.2, 0) is 32.6 Å². The van der Waals surface area contributed by atoms with Gasteiger partial charge < -0.3 is 10.2 Å². The number of sulfonamides is 1. The van der Waals surface area contributed by atoms with Gasteiger partial charge in [0.05, 0.1) is 10.6 Å². The quantitative estimate of drug-likeness (QED) is 0.243. The van der Waals surface area contributed by atoms with Crippen molar-refractivity contribution in [3.8, 4) is 0 Å². The number of para-hydroxylation sites is 1. The Morgan fingerprint density at radius 2 is 1.33 bits per heavy atom. The lowest BCUT2D eigenvalue weighted by atomic mass is 10.0. The average molecular weight is 602 g/mol. The zero-order valence-corrected chi connectivity index (χ0v) is 25.3. The van der Waals surface area contributed by atoms with Crippen molar-refractivity contribution in [2.75, 3.05) is 10.8 Å². The van der Waals surface area contributed by atoms with Crippen LogP contribution in [0.3, 0.4) is 0 Å². The Labute approximate surface area is 253 Å². The van der Waals surface area contributed by atoms with Gasteiger partial charge in [0.1, 0.15) is 18.4 Å². The minimum atomic E-state index is -4.19. The number of carbonyl (C=O) groups excluding carboxylic acids is 2. The van der Waals surface area contributed by atoms with E-state index in [0.717, 1.165) is 9.87 Å². The summed E-state index contributed by atoms with van der Waals surface area (Å²) in [5.74, 6) is -1.62. The molecule has 0 aliphatic carbocycles. The fourth-order valence-corrected chi connectivity index (χ4v) is 6.09. The molecule has 4 aromatic rings. The molecule has 0 spiro atoms. The number of hydrogen-bond donors (Lipinski definition) is 1. The van der Waals surface area contributed by atoms with Crippen LogP contribution in [0.15, 0.2) is 120 Å². The first kappa shape index (κ1) is 31.4. The number of carbonyl (C=O) groups is 2. The molecule has 0 aliphatic heterocycles. The first-order valence-corrected chi connectivity index (χ1v) is 15.4. The molecule has 0 saturated carbocycles. The Kier molecular flexibility index (Phi) is 9.98. The van der Waals surface area contributed by atoms with Crippen LogP contribution in [0.1, 0.15) is 31.9 Å². The highest BCUT2D eigenvalue weighted by atomic mass is 32.2. The summed E-state index contributed by atoms with van der Waals surface area (Å²) in [6.45, 7) is 4.64. The van der Waals surface area contributed by atoms with Gasteiger partial charge in [-0.1, -0.05) is 84.9 Å². The topological polar surface area (TPSA) is 86.8 Å².